The van der Waals surface area contributed by atoms with E-state index in [1.807, 2.05) is 31.9 Å². The quantitative estimate of drug-likeness (QED) is 0.0792. The van der Waals surface area contributed by atoms with E-state index in [0.717, 1.165) is 125 Å². The molecule has 4 fully saturated rings. The highest BCUT2D eigenvalue weighted by Crippen LogP contribution is 2.49. The zero-order valence-corrected chi connectivity index (χ0v) is 38.5. The molecule has 9 unspecified atom stereocenters. The van der Waals surface area contributed by atoms with Crippen molar-refractivity contribution in [2.24, 2.45) is 17.8 Å². The van der Waals surface area contributed by atoms with Crippen LogP contribution in [0.15, 0.2) is 48.7 Å². The molecule has 3 saturated heterocycles. The summed E-state index contributed by atoms with van der Waals surface area (Å²) in [6.07, 6.45) is 7.70. The summed E-state index contributed by atoms with van der Waals surface area (Å²) in [5, 5.41) is 18.4. The summed E-state index contributed by atoms with van der Waals surface area (Å²) in [4.78, 5) is 62.3. The molecule has 5 aliphatic rings. The second-order valence-electron chi connectivity index (χ2n) is 19.1. The Morgan fingerprint density at radius 3 is 2.56 bits per heavy atom. The SMILES string of the molecule is CCC(C)C(NC(=O)OC)C(=O)N1C(C)CCC1c1ncc(-c2ccc3c(c2)COc2cc4c(ccc5[nH]c(C6CC7CCCC7N6C(=O)C(NC(O)OC)C6CCOCC6)nc54)cc2-3)[nH]1. The van der Waals surface area contributed by atoms with Crippen molar-refractivity contribution < 1.29 is 38.4 Å². The zero-order valence-electron chi connectivity index (χ0n) is 38.5. The van der Waals surface area contributed by atoms with Crippen LogP contribution in [0.1, 0.15) is 108 Å². The second kappa shape index (κ2) is 18.3. The summed E-state index contributed by atoms with van der Waals surface area (Å²) < 4.78 is 22.2. The highest BCUT2D eigenvalue weighted by atomic mass is 16.6. The molecule has 5 aromatic rings. The molecule has 6 heterocycles. The zero-order chi connectivity index (χ0) is 45.8. The molecule has 66 heavy (non-hydrogen) atoms. The van der Waals surface area contributed by atoms with Crippen LogP contribution < -0.4 is 15.4 Å². The number of H-pyrrole nitrogens is 2. The first-order valence-electron chi connectivity index (χ1n) is 23.9. The molecular formula is C50H62N8O8. The van der Waals surface area contributed by atoms with Crippen LogP contribution in [0.5, 0.6) is 5.75 Å². The summed E-state index contributed by atoms with van der Waals surface area (Å²) in [5.74, 6) is 2.48. The summed E-state index contributed by atoms with van der Waals surface area (Å²) >= 11 is 0. The molecule has 16 nitrogen and oxygen atoms in total. The first kappa shape index (κ1) is 44.3. The van der Waals surface area contributed by atoms with Gasteiger partial charge in [-0.05, 0) is 116 Å². The summed E-state index contributed by atoms with van der Waals surface area (Å²) in [6, 6.07) is 13.2. The van der Waals surface area contributed by atoms with Gasteiger partial charge in [0.2, 0.25) is 18.2 Å². The number of carbonyl (C=O) groups is 3. The Balaban J connectivity index is 0.910. The minimum Gasteiger partial charge on any atom is -0.488 e. The lowest BCUT2D eigenvalue weighted by atomic mass is 9.90. The number of alkyl carbamates (subject to hydrolysis) is 1. The van der Waals surface area contributed by atoms with Gasteiger partial charge in [0.05, 0.1) is 48.2 Å². The van der Waals surface area contributed by atoms with E-state index >= 15 is 0 Å². The second-order valence-corrected chi connectivity index (χ2v) is 19.1. The van der Waals surface area contributed by atoms with Crippen molar-refractivity contribution in [2.45, 2.75) is 128 Å². The van der Waals surface area contributed by atoms with Gasteiger partial charge in [-0.1, -0.05) is 44.9 Å². The average molecular weight is 903 g/mol. The lowest BCUT2D eigenvalue weighted by Crippen LogP contribution is -2.56. The molecule has 0 radical (unpaired) electrons. The largest absolute Gasteiger partial charge is 0.488 e. The molecule has 3 amide bonds. The molecule has 4 aliphatic heterocycles. The standard InChI is InChI=1S/C50H62N8O8/c1-6-26(2)42(55-49(61)63-4)47(59)57-27(3)10-15-39(57)45-51-24-37(53-45)30-11-13-33-32(20-30)25-66-41-23-34-29(21-35(33)41)12-14-36-44(34)54-46(52-36)40-22-31-8-7-9-38(31)58(40)48(60)43(56-50(62)64-5)28-16-18-65-19-17-28/h11-14,20-21,23-24,26-28,31,38-40,42-43,50,56,62H,6-10,15-19,22,25H2,1-5H3,(H,51,53)(H,52,54)(H,55,61). The number of imidazole rings is 2. The predicted octanol–water partition coefficient (Wildman–Crippen LogP) is 7.24. The maximum absolute atomic E-state index is 14.8. The van der Waals surface area contributed by atoms with Crippen molar-refractivity contribution in [3.05, 3.63) is 65.9 Å². The van der Waals surface area contributed by atoms with E-state index in [2.05, 4.69) is 68.0 Å². The van der Waals surface area contributed by atoms with Crippen LogP contribution in [0.25, 0.3) is 44.2 Å². The Morgan fingerprint density at radius 2 is 1.77 bits per heavy atom. The number of nitrogens with one attached hydrogen (secondary N) is 4. The average Bonchev–Trinajstić information content (AvgIpc) is 4.20. The third-order valence-corrected chi connectivity index (χ3v) is 15.4. The highest BCUT2D eigenvalue weighted by Gasteiger charge is 2.50. The van der Waals surface area contributed by atoms with E-state index in [0.29, 0.717) is 25.7 Å². The molecule has 16 heteroatoms. The Bertz CT molecular complexity index is 2620. The fourth-order valence-electron chi connectivity index (χ4n) is 11.6. The van der Waals surface area contributed by atoms with Gasteiger partial charge in [-0.25, -0.2) is 14.8 Å². The van der Waals surface area contributed by atoms with Crippen molar-refractivity contribution in [2.75, 3.05) is 27.4 Å². The first-order valence-corrected chi connectivity index (χ1v) is 23.9. The molecule has 350 valence electrons. The number of amides is 3. The number of aliphatic hydroxyl groups is 1. The molecule has 3 aromatic carbocycles. The number of fused-ring (bicyclic) bond motifs is 7. The Labute approximate surface area is 384 Å². The normalized spacial score (nSPS) is 24.7. The van der Waals surface area contributed by atoms with Crippen LogP contribution in [0.3, 0.4) is 0 Å². The molecule has 0 bridgehead atoms. The lowest BCUT2D eigenvalue weighted by Gasteiger charge is -2.37. The van der Waals surface area contributed by atoms with Gasteiger partial charge in [-0.3, -0.25) is 14.9 Å². The predicted molar refractivity (Wildman–Crippen MR) is 247 cm³/mol. The van der Waals surface area contributed by atoms with E-state index in [1.165, 1.54) is 14.2 Å². The fourth-order valence-corrected chi connectivity index (χ4v) is 11.6. The summed E-state index contributed by atoms with van der Waals surface area (Å²) in [6.45, 7) is 7.58. The van der Waals surface area contributed by atoms with Crippen molar-refractivity contribution in [1.29, 1.82) is 0 Å². The number of hydrogen-bond donors (Lipinski definition) is 5. The maximum atomic E-state index is 14.8. The van der Waals surface area contributed by atoms with Crippen LogP contribution in [0, 0.1) is 17.8 Å². The van der Waals surface area contributed by atoms with Crippen molar-refractivity contribution in [3.8, 4) is 28.1 Å². The minimum atomic E-state index is -1.25. The fraction of sp³-hybridized carbons (Fsp3) is 0.540. The monoisotopic (exact) mass is 902 g/mol. The van der Waals surface area contributed by atoms with Crippen LogP contribution in [-0.2, 0) is 30.4 Å². The Hall–Kier alpha value is -5.55. The molecule has 1 saturated carbocycles. The smallest absolute Gasteiger partial charge is 0.407 e. The van der Waals surface area contributed by atoms with Crippen LogP contribution in [0.2, 0.25) is 0 Å². The third-order valence-electron chi connectivity index (χ3n) is 15.4. The van der Waals surface area contributed by atoms with Crippen molar-refractivity contribution in [1.82, 2.24) is 40.4 Å². The number of methoxy groups -OCH3 is 2. The van der Waals surface area contributed by atoms with Gasteiger partial charge < -0.3 is 49.1 Å². The number of nitrogens with zero attached hydrogens (tertiary/aromatic N) is 4. The van der Waals surface area contributed by atoms with E-state index in [9.17, 15) is 19.5 Å². The van der Waals surface area contributed by atoms with E-state index < -0.39 is 24.6 Å². The molecule has 0 spiro atoms. The van der Waals surface area contributed by atoms with Crippen molar-refractivity contribution in [3.63, 3.8) is 0 Å². The molecule has 1 aliphatic carbocycles. The Morgan fingerprint density at radius 1 is 0.939 bits per heavy atom. The molecule has 9 atom stereocenters. The van der Waals surface area contributed by atoms with Crippen LogP contribution in [0.4, 0.5) is 4.79 Å². The number of benzene rings is 3. The topological polar surface area (TPSA) is 196 Å². The van der Waals surface area contributed by atoms with E-state index in [-0.39, 0.29) is 47.8 Å². The van der Waals surface area contributed by atoms with Gasteiger partial charge >= 0.3 is 6.09 Å². The lowest BCUT2D eigenvalue weighted by molar-refractivity contribution is -0.149. The number of rotatable bonds is 12. The summed E-state index contributed by atoms with van der Waals surface area (Å²) in [7, 11) is 2.74. The minimum absolute atomic E-state index is 0.0106. The van der Waals surface area contributed by atoms with Gasteiger partial charge in [0, 0.05) is 43.4 Å². The number of hydrogen-bond acceptors (Lipinski definition) is 11. The number of carbonyl (C=O) groups excluding carboxylic acids is 3. The van der Waals surface area contributed by atoms with Gasteiger partial charge in [0.15, 0.2) is 0 Å². The number of aliphatic hydroxyl groups excluding tert-OH is 1. The van der Waals surface area contributed by atoms with E-state index in [1.54, 1.807) is 0 Å². The van der Waals surface area contributed by atoms with Crippen LogP contribution >= 0.6 is 0 Å². The van der Waals surface area contributed by atoms with Gasteiger partial charge in [0.1, 0.15) is 30.0 Å². The first-order chi connectivity index (χ1) is 32.0. The highest BCUT2D eigenvalue weighted by molar-refractivity contribution is 6.07. The number of ether oxygens (including phenoxy) is 4. The summed E-state index contributed by atoms with van der Waals surface area (Å²) in [5.41, 5.74) is 6.72. The number of likely N-dealkylation sites (tertiary alicyclic amines) is 2. The van der Waals surface area contributed by atoms with E-state index in [4.69, 9.17) is 28.9 Å². The van der Waals surface area contributed by atoms with Crippen LogP contribution in [-0.4, -0.2) is 111 Å². The number of aromatic nitrogens is 4. The Kier molecular flexibility index (Phi) is 12.3. The molecule has 10 rings (SSSR count). The van der Waals surface area contributed by atoms with Gasteiger partial charge in [-0.15, -0.1) is 0 Å². The maximum Gasteiger partial charge on any atom is 0.407 e. The molecule has 2 aromatic heterocycles. The number of aromatic amines is 2. The molecule has 5 N–H and O–H groups in total. The van der Waals surface area contributed by atoms with Gasteiger partial charge in [-0.2, -0.15) is 0 Å². The van der Waals surface area contributed by atoms with Crippen molar-refractivity contribution >= 4 is 39.7 Å². The molecular weight excluding hydrogens is 841 g/mol. The third kappa shape index (κ3) is 7.98. The van der Waals surface area contributed by atoms with Gasteiger partial charge in [0.25, 0.3) is 0 Å².